The van der Waals surface area contributed by atoms with Crippen molar-refractivity contribution in [2.45, 2.75) is 45.6 Å². The van der Waals surface area contributed by atoms with Gasteiger partial charge in [0.2, 0.25) is 5.91 Å². The molecule has 1 heterocycles. The molecule has 0 saturated heterocycles. The Morgan fingerprint density at radius 2 is 1.60 bits per heavy atom. The molecule has 2 N–H and O–H groups in total. The van der Waals surface area contributed by atoms with Crippen LogP contribution in [0.1, 0.15) is 60.7 Å². The maximum Gasteiger partial charge on any atom is 0.261 e. The molecule has 0 atom stereocenters. The van der Waals surface area contributed by atoms with Crippen molar-refractivity contribution in [3.05, 3.63) is 35.4 Å². The van der Waals surface area contributed by atoms with E-state index in [2.05, 4.69) is 31.4 Å². The summed E-state index contributed by atoms with van der Waals surface area (Å²) in [4.78, 5) is 37.5. The van der Waals surface area contributed by atoms with Gasteiger partial charge in [-0.1, -0.05) is 12.1 Å². The third kappa shape index (κ3) is 5.39. The number of nitrogens with zero attached hydrogens (tertiary/aromatic N) is 1. The van der Waals surface area contributed by atoms with Crippen LogP contribution in [0.5, 0.6) is 0 Å². The van der Waals surface area contributed by atoms with Crippen molar-refractivity contribution < 1.29 is 14.4 Å². The van der Waals surface area contributed by atoms with E-state index in [1.54, 1.807) is 24.3 Å². The van der Waals surface area contributed by atoms with Crippen molar-refractivity contribution in [3.8, 4) is 0 Å². The number of carbonyl (C=O) groups excluding carboxylic acids is 3. The normalized spacial score (nSPS) is 14.0. The fourth-order valence-electron chi connectivity index (χ4n) is 2.71. The molecule has 1 aromatic carbocycles. The first-order chi connectivity index (χ1) is 11.8. The van der Waals surface area contributed by atoms with Crippen LogP contribution in [0, 0.1) is 0 Å². The van der Waals surface area contributed by atoms with Crippen molar-refractivity contribution in [2.75, 3.05) is 19.6 Å². The summed E-state index contributed by atoms with van der Waals surface area (Å²) in [5, 5.41) is 6.23. The fourth-order valence-corrected chi connectivity index (χ4v) is 2.71. The van der Waals surface area contributed by atoms with Gasteiger partial charge in [-0.05, 0) is 52.3 Å². The molecule has 0 bridgehead atoms. The highest BCUT2D eigenvalue weighted by atomic mass is 16.2. The molecule has 0 unspecified atom stereocenters. The molecular weight excluding hydrogens is 318 g/mol. The Morgan fingerprint density at radius 1 is 1.00 bits per heavy atom. The van der Waals surface area contributed by atoms with E-state index >= 15 is 0 Å². The molecule has 0 aromatic heterocycles. The monoisotopic (exact) mass is 345 g/mol. The number of benzene rings is 1. The molecule has 136 valence electrons. The predicted molar refractivity (Wildman–Crippen MR) is 96.4 cm³/mol. The Hall–Kier alpha value is -2.21. The number of hydrogen-bond acceptors (Lipinski definition) is 4. The number of amides is 3. The minimum Gasteiger partial charge on any atom is -0.356 e. The van der Waals surface area contributed by atoms with E-state index in [0.29, 0.717) is 30.5 Å². The van der Waals surface area contributed by atoms with Crippen molar-refractivity contribution in [2.24, 2.45) is 0 Å². The number of hydrogen-bond donors (Lipinski definition) is 2. The van der Waals surface area contributed by atoms with Gasteiger partial charge in [0.15, 0.2) is 0 Å². The van der Waals surface area contributed by atoms with Gasteiger partial charge in [0.25, 0.3) is 11.8 Å². The first-order valence-electron chi connectivity index (χ1n) is 8.76. The highest BCUT2D eigenvalue weighted by Gasteiger charge is 2.34. The second-order valence-electron chi connectivity index (χ2n) is 7.29. The third-order valence-corrected chi connectivity index (χ3v) is 3.99. The average molecular weight is 345 g/mol. The van der Waals surface area contributed by atoms with Gasteiger partial charge in [-0.25, -0.2) is 0 Å². The summed E-state index contributed by atoms with van der Waals surface area (Å²) in [5.74, 6) is -0.587. The van der Waals surface area contributed by atoms with Crippen molar-refractivity contribution in [1.29, 1.82) is 0 Å². The number of carbonyl (C=O) groups is 3. The van der Waals surface area contributed by atoms with Crippen LogP contribution in [-0.4, -0.2) is 47.8 Å². The molecule has 25 heavy (non-hydrogen) atoms. The van der Waals surface area contributed by atoms with Gasteiger partial charge in [0.1, 0.15) is 0 Å². The van der Waals surface area contributed by atoms with Crippen LogP contribution >= 0.6 is 0 Å². The molecular formula is C19H27N3O3. The average Bonchev–Trinajstić information content (AvgIpc) is 2.79. The summed E-state index contributed by atoms with van der Waals surface area (Å²) in [7, 11) is 0. The second kappa shape index (κ2) is 8.25. The Balaban J connectivity index is 1.65. The van der Waals surface area contributed by atoms with Crippen molar-refractivity contribution in [3.63, 3.8) is 0 Å². The first-order valence-corrected chi connectivity index (χ1v) is 8.76. The minimum atomic E-state index is -0.269. The predicted octanol–water partition coefficient (Wildman–Crippen LogP) is 1.96. The second-order valence-corrected chi connectivity index (χ2v) is 7.29. The zero-order chi connectivity index (χ0) is 18.4. The van der Waals surface area contributed by atoms with E-state index in [-0.39, 0.29) is 29.8 Å². The number of rotatable bonds is 8. The molecule has 3 amide bonds. The minimum absolute atomic E-state index is 0.0487. The van der Waals surface area contributed by atoms with Crippen LogP contribution in [0.3, 0.4) is 0 Å². The topological polar surface area (TPSA) is 78.5 Å². The quantitative estimate of drug-likeness (QED) is 0.558. The zero-order valence-electron chi connectivity index (χ0n) is 15.2. The maximum atomic E-state index is 12.2. The fraction of sp³-hybridized carbons (Fsp3) is 0.526. The van der Waals surface area contributed by atoms with Crippen LogP contribution < -0.4 is 10.6 Å². The van der Waals surface area contributed by atoms with Gasteiger partial charge in [0, 0.05) is 25.0 Å². The number of fused-ring (bicyclic) bond motifs is 1. The molecule has 0 radical (unpaired) electrons. The summed E-state index contributed by atoms with van der Waals surface area (Å²) in [6.45, 7) is 8.04. The van der Waals surface area contributed by atoms with E-state index in [1.807, 2.05) is 0 Å². The van der Waals surface area contributed by atoms with Crippen LogP contribution in [0.25, 0.3) is 0 Å². The van der Waals surface area contributed by atoms with Crippen molar-refractivity contribution >= 4 is 17.7 Å². The van der Waals surface area contributed by atoms with E-state index in [4.69, 9.17) is 0 Å². The van der Waals surface area contributed by atoms with Gasteiger partial charge in [-0.3, -0.25) is 19.3 Å². The Kier molecular flexibility index (Phi) is 6.31. The highest BCUT2D eigenvalue weighted by Crippen LogP contribution is 2.22. The van der Waals surface area contributed by atoms with E-state index in [9.17, 15) is 14.4 Å². The smallest absolute Gasteiger partial charge is 0.261 e. The van der Waals surface area contributed by atoms with Crippen LogP contribution in [0.4, 0.5) is 0 Å². The molecule has 0 saturated carbocycles. The Bertz CT molecular complexity index is 615. The summed E-state index contributed by atoms with van der Waals surface area (Å²) in [5.41, 5.74) is 0.975. The number of nitrogens with one attached hydrogen (secondary N) is 2. The third-order valence-electron chi connectivity index (χ3n) is 3.99. The molecule has 2 rings (SSSR count). The molecule has 0 spiro atoms. The SMILES string of the molecule is CC(C)(C)NCCCNC(=O)CCCN1C(=O)c2ccccc2C1=O. The lowest BCUT2D eigenvalue weighted by molar-refractivity contribution is -0.121. The molecule has 0 aliphatic carbocycles. The zero-order valence-corrected chi connectivity index (χ0v) is 15.2. The molecule has 1 aromatic rings. The summed E-state index contributed by atoms with van der Waals surface area (Å²) in [6, 6.07) is 6.81. The highest BCUT2D eigenvalue weighted by molar-refractivity contribution is 6.21. The molecule has 1 aliphatic heterocycles. The summed E-state index contributed by atoms with van der Waals surface area (Å²) < 4.78 is 0. The van der Waals surface area contributed by atoms with Crippen LogP contribution in [-0.2, 0) is 4.79 Å². The van der Waals surface area contributed by atoms with Crippen LogP contribution in [0.2, 0.25) is 0 Å². The molecule has 6 nitrogen and oxygen atoms in total. The first kappa shape index (κ1) is 19.1. The number of imide groups is 1. The van der Waals surface area contributed by atoms with Gasteiger partial charge >= 0.3 is 0 Å². The standard InChI is InChI=1S/C19H27N3O3/c1-19(2,3)21-12-7-11-20-16(23)10-6-13-22-17(24)14-8-4-5-9-15(14)18(22)25/h4-5,8-9,21H,6-7,10-13H2,1-3H3,(H,20,23). The molecule has 0 fully saturated rings. The summed E-state index contributed by atoms with van der Waals surface area (Å²) >= 11 is 0. The van der Waals surface area contributed by atoms with E-state index < -0.39 is 0 Å². The Labute approximate surface area is 149 Å². The molecule has 1 aliphatic rings. The van der Waals surface area contributed by atoms with Gasteiger partial charge in [-0.2, -0.15) is 0 Å². The summed E-state index contributed by atoms with van der Waals surface area (Å²) in [6.07, 6.45) is 1.64. The van der Waals surface area contributed by atoms with Gasteiger partial charge in [0.05, 0.1) is 11.1 Å². The van der Waals surface area contributed by atoms with Crippen molar-refractivity contribution in [1.82, 2.24) is 15.5 Å². The lowest BCUT2D eigenvalue weighted by Gasteiger charge is -2.20. The van der Waals surface area contributed by atoms with Crippen LogP contribution in [0.15, 0.2) is 24.3 Å². The van der Waals surface area contributed by atoms with E-state index in [1.165, 1.54) is 4.90 Å². The molecule has 6 heteroatoms. The Morgan fingerprint density at radius 3 is 2.16 bits per heavy atom. The largest absolute Gasteiger partial charge is 0.356 e. The maximum absolute atomic E-state index is 12.2. The van der Waals surface area contributed by atoms with Gasteiger partial charge < -0.3 is 10.6 Å². The van der Waals surface area contributed by atoms with E-state index in [0.717, 1.165) is 13.0 Å². The van der Waals surface area contributed by atoms with Gasteiger partial charge in [-0.15, -0.1) is 0 Å². The lowest BCUT2D eigenvalue weighted by atomic mass is 10.1. The lowest BCUT2D eigenvalue weighted by Crippen LogP contribution is -2.38.